The van der Waals surface area contributed by atoms with E-state index in [-0.39, 0.29) is 5.54 Å². The zero-order chi connectivity index (χ0) is 9.60. The van der Waals surface area contributed by atoms with Crippen LogP contribution in [0.25, 0.3) is 10.2 Å². The summed E-state index contributed by atoms with van der Waals surface area (Å²) in [5.74, 6) is 0. The molecule has 4 heteroatoms. The van der Waals surface area contributed by atoms with Crippen LogP contribution < -0.4 is 5.73 Å². The van der Waals surface area contributed by atoms with Gasteiger partial charge in [-0.25, -0.2) is 0 Å². The molecule has 1 heterocycles. The summed E-state index contributed by atoms with van der Waals surface area (Å²) in [6.45, 7) is 0. The molecule has 3 nitrogen and oxygen atoms in total. The Morgan fingerprint density at radius 3 is 3.07 bits per heavy atom. The van der Waals surface area contributed by atoms with Crippen LogP contribution in [0.3, 0.4) is 0 Å². The Morgan fingerprint density at radius 1 is 1.43 bits per heavy atom. The van der Waals surface area contributed by atoms with Crippen molar-refractivity contribution in [1.29, 1.82) is 0 Å². The molecule has 0 spiro atoms. The van der Waals surface area contributed by atoms with Gasteiger partial charge in [0.2, 0.25) is 0 Å². The van der Waals surface area contributed by atoms with Crippen LogP contribution in [0.15, 0.2) is 18.2 Å². The molecule has 14 heavy (non-hydrogen) atoms. The van der Waals surface area contributed by atoms with Gasteiger partial charge in [0.25, 0.3) is 0 Å². The summed E-state index contributed by atoms with van der Waals surface area (Å²) < 4.78 is 5.06. The van der Waals surface area contributed by atoms with Crippen molar-refractivity contribution in [3.05, 3.63) is 23.8 Å². The first-order valence-corrected chi connectivity index (χ1v) is 5.52. The molecule has 1 fully saturated rings. The Kier molecular flexibility index (Phi) is 1.63. The highest BCUT2D eigenvalue weighted by Gasteiger charge is 2.37. The van der Waals surface area contributed by atoms with E-state index in [4.69, 9.17) is 5.73 Å². The Hall–Kier alpha value is -1.00. The molecular weight excluding hydrogens is 194 g/mol. The minimum atomic E-state index is 0.0805. The second-order valence-electron chi connectivity index (χ2n) is 4.11. The van der Waals surface area contributed by atoms with Crippen molar-refractivity contribution in [1.82, 2.24) is 9.59 Å². The first-order chi connectivity index (χ1) is 6.75. The lowest BCUT2D eigenvalue weighted by Crippen LogP contribution is -2.24. The fourth-order valence-corrected chi connectivity index (χ4v) is 2.22. The quantitative estimate of drug-likeness (QED) is 0.812. The highest BCUT2D eigenvalue weighted by atomic mass is 32.1. The van der Waals surface area contributed by atoms with E-state index >= 15 is 0 Å². The van der Waals surface area contributed by atoms with E-state index in [2.05, 4.69) is 27.8 Å². The van der Waals surface area contributed by atoms with E-state index < -0.39 is 0 Å². The number of nitrogens with zero attached hydrogens (tertiary/aromatic N) is 2. The number of hydrogen-bond donors (Lipinski definition) is 1. The van der Waals surface area contributed by atoms with Gasteiger partial charge in [0.1, 0.15) is 5.52 Å². The molecule has 1 saturated carbocycles. The molecule has 72 valence electrons. The monoisotopic (exact) mass is 205 g/mol. The number of rotatable bonds is 2. The van der Waals surface area contributed by atoms with Gasteiger partial charge in [-0.15, -0.1) is 5.10 Å². The van der Waals surface area contributed by atoms with E-state index in [1.165, 1.54) is 17.1 Å². The third-order valence-electron chi connectivity index (χ3n) is 2.76. The molecule has 0 unspecified atom stereocenters. The smallest absolute Gasteiger partial charge is 0.106 e. The fraction of sp³-hybridized carbons (Fsp3) is 0.400. The van der Waals surface area contributed by atoms with E-state index in [9.17, 15) is 0 Å². The highest BCUT2D eigenvalue weighted by molar-refractivity contribution is 7.12. The number of fused-ring (bicyclic) bond motifs is 1. The summed E-state index contributed by atoms with van der Waals surface area (Å²) in [6.07, 6.45) is 3.28. The average Bonchev–Trinajstić information content (AvgIpc) is 2.73. The summed E-state index contributed by atoms with van der Waals surface area (Å²) in [5.41, 5.74) is 8.42. The maximum absolute atomic E-state index is 6.06. The first-order valence-electron chi connectivity index (χ1n) is 4.75. The van der Waals surface area contributed by atoms with Crippen LogP contribution in [0, 0.1) is 0 Å². The predicted molar refractivity (Wildman–Crippen MR) is 57.3 cm³/mol. The molecule has 3 rings (SSSR count). The third kappa shape index (κ3) is 1.40. The van der Waals surface area contributed by atoms with Gasteiger partial charge in [-0.2, -0.15) is 0 Å². The van der Waals surface area contributed by atoms with Crippen molar-refractivity contribution in [3.63, 3.8) is 0 Å². The van der Waals surface area contributed by atoms with Gasteiger partial charge in [0.05, 0.1) is 4.70 Å². The molecule has 0 radical (unpaired) electrons. The van der Waals surface area contributed by atoms with Crippen molar-refractivity contribution >= 4 is 21.7 Å². The summed E-state index contributed by atoms with van der Waals surface area (Å²) in [6, 6.07) is 6.32. The van der Waals surface area contributed by atoms with Crippen molar-refractivity contribution in [3.8, 4) is 0 Å². The molecule has 1 aliphatic carbocycles. The maximum atomic E-state index is 6.06. The predicted octanol–water partition coefficient (Wildman–Crippen LogP) is 1.73. The van der Waals surface area contributed by atoms with Crippen molar-refractivity contribution < 1.29 is 0 Å². The van der Waals surface area contributed by atoms with Crippen molar-refractivity contribution in [2.45, 2.75) is 24.8 Å². The van der Waals surface area contributed by atoms with Crippen LogP contribution in [0.2, 0.25) is 0 Å². The standard InChI is InChI=1S/C10H11N3S/c11-10(3-4-10)6-7-1-2-9-8(5-7)12-13-14-9/h1-2,5H,3-4,6,11H2. The Labute approximate surface area is 86.1 Å². The molecule has 0 saturated heterocycles. The van der Waals surface area contributed by atoms with Crippen LogP contribution in [0.4, 0.5) is 0 Å². The van der Waals surface area contributed by atoms with Crippen molar-refractivity contribution in [2.75, 3.05) is 0 Å². The van der Waals surface area contributed by atoms with E-state index in [0.717, 1.165) is 29.5 Å². The zero-order valence-electron chi connectivity index (χ0n) is 7.73. The average molecular weight is 205 g/mol. The van der Waals surface area contributed by atoms with Gasteiger partial charge in [-0.3, -0.25) is 0 Å². The zero-order valence-corrected chi connectivity index (χ0v) is 8.55. The summed E-state index contributed by atoms with van der Waals surface area (Å²) >= 11 is 1.44. The SMILES string of the molecule is NC1(Cc2ccc3snnc3c2)CC1. The molecule has 1 aromatic carbocycles. The second-order valence-corrected chi connectivity index (χ2v) is 4.90. The maximum Gasteiger partial charge on any atom is 0.106 e. The molecule has 2 N–H and O–H groups in total. The number of nitrogens with two attached hydrogens (primary N) is 1. The van der Waals surface area contributed by atoms with Gasteiger partial charge in [0.15, 0.2) is 0 Å². The number of hydrogen-bond acceptors (Lipinski definition) is 4. The third-order valence-corrected chi connectivity index (χ3v) is 3.46. The molecule has 0 amide bonds. The lowest BCUT2D eigenvalue weighted by atomic mass is 10.1. The minimum Gasteiger partial charge on any atom is -0.325 e. The lowest BCUT2D eigenvalue weighted by Gasteiger charge is -2.07. The summed E-state index contributed by atoms with van der Waals surface area (Å²) in [5, 5.41) is 4.06. The van der Waals surface area contributed by atoms with Crippen molar-refractivity contribution in [2.24, 2.45) is 5.73 Å². The number of aromatic nitrogens is 2. The molecule has 0 aliphatic heterocycles. The summed E-state index contributed by atoms with van der Waals surface area (Å²) in [4.78, 5) is 0. The van der Waals surface area contributed by atoms with E-state index in [0.29, 0.717) is 0 Å². The highest BCUT2D eigenvalue weighted by Crippen LogP contribution is 2.36. The number of benzene rings is 1. The van der Waals surface area contributed by atoms with E-state index in [1.807, 2.05) is 0 Å². The van der Waals surface area contributed by atoms with Gasteiger partial charge < -0.3 is 5.73 Å². The second kappa shape index (κ2) is 2.74. The molecule has 0 bridgehead atoms. The van der Waals surface area contributed by atoms with Gasteiger partial charge in [-0.05, 0) is 48.5 Å². The van der Waals surface area contributed by atoms with Crippen LogP contribution >= 0.6 is 11.5 Å². The van der Waals surface area contributed by atoms with Crippen LogP contribution in [-0.2, 0) is 6.42 Å². The fourth-order valence-electron chi connectivity index (χ4n) is 1.68. The minimum absolute atomic E-state index is 0.0805. The van der Waals surface area contributed by atoms with Gasteiger partial charge in [0, 0.05) is 5.54 Å². The van der Waals surface area contributed by atoms with Crippen LogP contribution in [0.5, 0.6) is 0 Å². The van der Waals surface area contributed by atoms with Crippen LogP contribution in [0.1, 0.15) is 18.4 Å². The normalized spacial score (nSPS) is 18.6. The first kappa shape index (κ1) is 8.32. The topological polar surface area (TPSA) is 51.8 Å². The van der Waals surface area contributed by atoms with Gasteiger partial charge in [-0.1, -0.05) is 10.6 Å². The lowest BCUT2D eigenvalue weighted by molar-refractivity contribution is 0.672. The van der Waals surface area contributed by atoms with Crippen LogP contribution in [-0.4, -0.2) is 15.1 Å². The Morgan fingerprint density at radius 2 is 2.29 bits per heavy atom. The molecular formula is C10H11N3S. The molecule has 2 aromatic rings. The Balaban J connectivity index is 1.97. The van der Waals surface area contributed by atoms with E-state index in [1.54, 1.807) is 0 Å². The molecule has 1 aliphatic rings. The Bertz CT molecular complexity index is 473. The molecule has 1 aromatic heterocycles. The summed E-state index contributed by atoms with van der Waals surface area (Å²) in [7, 11) is 0. The van der Waals surface area contributed by atoms with Gasteiger partial charge >= 0.3 is 0 Å². The molecule has 0 atom stereocenters. The largest absolute Gasteiger partial charge is 0.325 e.